The van der Waals surface area contributed by atoms with E-state index in [4.69, 9.17) is 26.8 Å². The van der Waals surface area contributed by atoms with Crippen molar-refractivity contribution in [2.24, 2.45) is 5.73 Å². The van der Waals surface area contributed by atoms with Gasteiger partial charge in [-0.15, -0.1) is 0 Å². The number of hydrogen-bond acceptors (Lipinski definition) is 4. The monoisotopic (exact) mass is 338 g/mol. The highest BCUT2D eigenvalue weighted by Gasteiger charge is 2.21. The van der Waals surface area contributed by atoms with Crippen molar-refractivity contribution in [1.82, 2.24) is 4.90 Å². The number of carbonyl (C=O) groups is 1. The zero-order chi connectivity index (χ0) is 16.8. The highest BCUT2D eigenvalue weighted by Crippen LogP contribution is 2.36. The molecule has 1 aliphatic rings. The maximum atomic E-state index is 12.1. The lowest BCUT2D eigenvalue weighted by Crippen LogP contribution is -2.30. The molecule has 1 aliphatic heterocycles. The molecule has 1 atom stereocenters. The molecule has 0 radical (unpaired) electrons. The molecule has 2 N–H and O–H groups in total. The third-order valence-corrected chi connectivity index (χ3v) is 3.94. The minimum Gasteiger partial charge on any atom is -0.493 e. The lowest BCUT2D eigenvalue weighted by molar-refractivity contribution is -0.124. The highest BCUT2D eigenvalue weighted by atomic mass is 35.5. The molecule has 126 valence electrons. The van der Waals surface area contributed by atoms with Crippen LogP contribution < -0.4 is 15.2 Å². The normalized spacial score (nSPS) is 17.7. The summed E-state index contributed by atoms with van der Waals surface area (Å²) in [6.07, 6.45) is 5.00. The van der Waals surface area contributed by atoms with E-state index in [-0.39, 0.29) is 11.9 Å². The van der Waals surface area contributed by atoms with Crippen LogP contribution in [0.3, 0.4) is 0 Å². The van der Waals surface area contributed by atoms with Gasteiger partial charge in [-0.05, 0) is 36.6 Å². The molecule has 0 saturated carbocycles. The molecule has 1 aromatic carbocycles. The largest absolute Gasteiger partial charge is 0.493 e. The second kappa shape index (κ2) is 8.22. The Labute approximate surface area is 142 Å². The van der Waals surface area contributed by atoms with Crippen LogP contribution in [0.4, 0.5) is 0 Å². The van der Waals surface area contributed by atoms with Gasteiger partial charge in [-0.3, -0.25) is 4.79 Å². The second-order valence-corrected chi connectivity index (χ2v) is 5.96. The molecule has 1 fully saturated rings. The fourth-order valence-corrected chi connectivity index (χ4v) is 2.71. The Kier molecular flexibility index (Phi) is 6.30. The van der Waals surface area contributed by atoms with Crippen molar-refractivity contribution < 1.29 is 14.3 Å². The van der Waals surface area contributed by atoms with E-state index in [1.165, 1.54) is 6.08 Å². The maximum absolute atomic E-state index is 12.1. The van der Waals surface area contributed by atoms with E-state index in [0.29, 0.717) is 36.2 Å². The summed E-state index contributed by atoms with van der Waals surface area (Å²) < 4.78 is 10.9. The standard InChI is InChI=1S/C17H23ClN2O3/c1-3-8-23-17-14(18)9-12(10-15(17)22-2)4-5-16(21)20-7-6-13(19)11-20/h4-5,9-10,13H,3,6-8,11,19H2,1-2H3/b5-4+/t13-/m0/s1. The zero-order valence-electron chi connectivity index (χ0n) is 13.5. The van der Waals surface area contributed by atoms with Gasteiger partial charge < -0.3 is 20.1 Å². The van der Waals surface area contributed by atoms with Gasteiger partial charge >= 0.3 is 0 Å². The first-order chi connectivity index (χ1) is 11.0. The number of likely N-dealkylation sites (tertiary alicyclic amines) is 1. The number of amides is 1. The van der Waals surface area contributed by atoms with E-state index in [9.17, 15) is 4.79 Å². The van der Waals surface area contributed by atoms with Gasteiger partial charge in [0, 0.05) is 25.2 Å². The van der Waals surface area contributed by atoms with Crippen LogP contribution in [0.2, 0.25) is 5.02 Å². The smallest absolute Gasteiger partial charge is 0.246 e. The number of nitrogens with two attached hydrogens (primary N) is 1. The van der Waals surface area contributed by atoms with Crippen molar-refractivity contribution in [3.8, 4) is 11.5 Å². The molecule has 6 heteroatoms. The van der Waals surface area contributed by atoms with Crippen molar-refractivity contribution in [2.75, 3.05) is 26.8 Å². The van der Waals surface area contributed by atoms with E-state index in [0.717, 1.165) is 18.4 Å². The molecule has 23 heavy (non-hydrogen) atoms. The predicted octanol–water partition coefficient (Wildman–Crippen LogP) is 2.71. The molecule has 5 nitrogen and oxygen atoms in total. The van der Waals surface area contributed by atoms with Crippen LogP contribution in [0.5, 0.6) is 11.5 Å². The quantitative estimate of drug-likeness (QED) is 0.810. The summed E-state index contributed by atoms with van der Waals surface area (Å²) in [5.74, 6) is 1.05. The Morgan fingerprint density at radius 2 is 2.30 bits per heavy atom. The van der Waals surface area contributed by atoms with Crippen molar-refractivity contribution >= 4 is 23.6 Å². The molecule has 1 amide bonds. The maximum Gasteiger partial charge on any atom is 0.246 e. The van der Waals surface area contributed by atoms with Gasteiger partial charge in [-0.25, -0.2) is 0 Å². The molecular weight excluding hydrogens is 316 g/mol. The summed E-state index contributed by atoms with van der Waals surface area (Å²) in [5.41, 5.74) is 6.60. The van der Waals surface area contributed by atoms with Crippen LogP contribution in [0.15, 0.2) is 18.2 Å². The van der Waals surface area contributed by atoms with Gasteiger partial charge in [-0.1, -0.05) is 18.5 Å². The predicted molar refractivity (Wildman–Crippen MR) is 92.0 cm³/mol. The van der Waals surface area contributed by atoms with Gasteiger partial charge in [0.25, 0.3) is 0 Å². The number of benzene rings is 1. The van der Waals surface area contributed by atoms with E-state index in [1.54, 1.807) is 30.2 Å². The summed E-state index contributed by atoms with van der Waals surface area (Å²) in [6, 6.07) is 3.64. The average Bonchev–Trinajstić information content (AvgIpc) is 2.97. The van der Waals surface area contributed by atoms with Crippen LogP contribution in [0.1, 0.15) is 25.3 Å². The molecular formula is C17H23ClN2O3. The van der Waals surface area contributed by atoms with Crippen molar-refractivity contribution in [3.05, 3.63) is 28.8 Å². The van der Waals surface area contributed by atoms with Gasteiger partial charge in [0.15, 0.2) is 11.5 Å². The fraction of sp³-hybridized carbons (Fsp3) is 0.471. The Morgan fingerprint density at radius 3 is 2.91 bits per heavy atom. The topological polar surface area (TPSA) is 64.8 Å². The number of methoxy groups -OCH3 is 1. The lowest BCUT2D eigenvalue weighted by Gasteiger charge is -2.14. The van der Waals surface area contributed by atoms with Crippen molar-refractivity contribution in [2.45, 2.75) is 25.8 Å². The summed E-state index contributed by atoms with van der Waals surface area (Å²) >= 11 is 6.26. The number of halogens is 1. The summed E-state index contributed by atoms with van der Waals surface area (Å²) in [7, 11) is 1.56. The third-order valence-electron chi connectivity index (χ3n) is 3.66. The van der Waals surface area contributed by atoms with E-state index in [1.807, 2.05) is 6.92 Å². The molecule has 1 aromatic rings. The van der Waals surface area contributed by atoms with Crippen molar-refractivity contribution in [1.29, 1.82) is 0 Å². The molecule has 0 aromatic heterocycles. The number of rotatable bonds is 6. The lowest BCUT2D eigenvalue weighted by atomic mass is 10.2. The first-order valence-electron chi connectivity index (χ1n) is 7.78. The fourth-order valence-electron chi connectivity index (χ4n) is 2.44. The average molecular weight is 339 g/mol. The minimum atomic E-state index is -0.0423. The van der Waals surface area contributed by atoms with Gasteiger partial charge in [0.05, 0.1) is 18.7 Å². The van der Waals surface area contributed by atoms with E-state index < -0.39 is 0 Å². The Balaban J connectivity index is 2.12. The van der Waals surface area contributed by atoms with E-state index >= 15 is 0 Å². The first kappa shape index (κ1) is 17.6. The second-order valence-electron chi connectivity index (χ2n) is 5.55. The summed E-state index contributed by atoms with van der Waals surface area (Å²) in [4.78, 5) is 13.9. The molecule has 1 heterocycles. The molecule has 0 bridgehead atoms. The van der Waals surface area contributed by atoms with Crippen LogP contribution in [-0.4, -0.2) is 43.7 Å². The first-order valence-corrected chi connectivity index (χ1v) is 8.15. The van der Waals surface area contributed by atoms with Crippen LogP contribution in [0, 0.1) is 0 Å². The number of hydrogen-bond donors (Lipinski definition) is 1. The molecule has 0 spiro atoms. The minimum absolute atomic E-state index is 0.0423. The molecule has 2 rings (SSSR count). The van der Waals surface area contributed by atoms with Crippen LogP contribution in [-0.2, 0) is 4.79 Å². The number of ether oxygens (including phenoxy) is 2. The van der Waals surface area contributed by atoms with Gasteiger partial charge in [-0.2, -0.15) is 0 Å². The van der Waals surface area contributed by atoms with Gasteiger partial charge in [0.2, 0.25) is 5.91 Å². The Morgan fingerprint density at radius 1 is 1.52 bits per heavy atom. The van der Waals surface area contributed by atoms with Crippen LogP contribution >= 0.6 is 11.6 Å². The Hall–Kier alpha value is -1.72. The van der Waals surface area contributed by atoms with E-state index in [2.05, 4.69) is 0 Å². The summed E-state index contributed by atoms with van der Waals surface area (Å²) in [5, 5.41) is 0.466. The zero-order valence-corrected chi connectivity index (χ0v) is 14.3. The highest BCUT2D eigenvalue weighted by molar-refractivity contribution is 6.32. The summed E-state index contributed by atoms with van der Waals surface area (Å²) in [6.45, 7) is 3.90. The van der Waals surface area contributed by atoms with Crippen molar-refractivity contribution in [3.63, 3.8) is 0 Å². The SMILES string of the molecule is CCCOc1c(Cl)cc(/C=C/C(=O)N2CC[C@H](N)C2)cc1OC. The molecule has 1 saturated heterocycles. The number of carbonyl (C=O) groups excluding carboxylic acids is 1. The molecule has 0 aliphatic carbocycles. The molecule has 0 unspecified atom stereocenters. The third kappa shape index (κ3) is 4.62. The van der Waals surface area contributed by atoms with Gasteiger partial charge in [0.1, 0.15) is 0 Å². The number of nitrogens with zero attached hydrogens (tertiary/aromatic N) is 1. The Bertz CT molecular complexity index is 589. The van der Waals surface area contributed by atoms with Crippen LogP contribution in [0.25, 0.3) is 6.08 Å².